The van der Waals surface area contributed by atoms with Crippen LogP contribution in [0.5, 0.6) is 0 Å². The number of rotatable bonds is 5. The molecule has 0 aliphatic rings. The van der Waals surface area contributed by atoms with E-state index >= 15 is 0 Å². The fraction of sp³-hybridized carbons (Fsp3) is 0. The Labute approximate surface area is 350 Å². The van der Waals surface area contributed by atoms with Gasteiger partial charge in [-0.1, -0.05) is 109 Å². The summed E-state index contributed by atoms with van der Waals surface area (Å²) in [7, 11) is 0. The zero-order chi connectivity index (χ0) is 40.6. The molecule has 0 N–H and O–H groups in total. The number of aromatic nitrogens is 4. The SMILES string of the molecule is N#Cc1ccc(-n2c3ccccc3c3ccccc32)c(-c2cncc(-c3cc(C#N)ccc3-n3c4ccccc4c4ccccc43)c2-n2c3ccccc3c3ccccc32)c1. The predicted molar refractivity (Wildman–Crippen MR) is 248 cm³/mol. The molecule has 8 aromatic carbocycles. The van der Waals surface area contributed by atoms with Gasteiger partial charge in [0.25, 0.3) is 0 Å². The molecule has 12 rings (SSSR count). The van der Waals surface area contributed by atoms with Crippen molar-refractivity contribution >= 4 is 65.4 Å². The van der Waals surface area contributed by atoms with Gasteiger partial charge in [-0.25, -0.2) is 0 Å². The minimum Gasteiger partial charge on any atom is -0.309 e. The van der Waals surface area contributed by atoms with Gasteiger partial charge in [0.1, 0.15) is 0 Å². The molecule has 0 radical (unpaired) electrons. The van der Waals surface area contributed by atoms with Crippen LogP contribution < -0.4 is 0 Å². The maximum absolute atomic E-state index is 10.5. The Bertz CT molecular complexity index is 3510. The zero-order valence-electron chi connectivity index (χ0n) is 32.7. The third kappa shape index (κ3) is 5.04. The molecule has 0 bridgehead atoms. The zero-order valence-corrected chi connectivity index (χ0v) is 32.7. The van der Waals surface area contributed by atoms with Crippen molar-refractivity contribution in [2.45, 2.75) is 0 Å². The Morgan fingerprint density at radius 3 is 0.934 bits per heavy atom. The molecule has 4 heterocycles. The molecule has 0 amide bonds. The summed E-state index contributed by atoms with van der Waals surface area (Å²) in [6, 6.07) is 67.8. The summed E-state index contributed by atoms with van der Waals surface area (Å²) in [5.41, 5.74) is 13.5. The van der Waals surface area contributed by atoms with Crippen LogP contribution in [0.15, 0.2) is 194 Å². The Hall–Kier alpha value is -8.71. The highest BCUT2D eigenvalue weighted by Gasteiger charge is 2.26. The van der Waals surface area contributed by atoms with Gasteiger partial charge in [-0.15, -0.1) is 0 Å². The normalized spacial score (nSPS) is 11.6. The molecule has 282 valence electrons. The maximum Gasteiger partial charge on any atom is 0.0991 e. The van der Waals surface area contributed by atoms with Crippen LogP contribution in [0.4, 0.5) is 0 Å². The number of hydrogen-bond donors (Lipinski definition) is 0. The van der Waals surface area contributed by atoms with Crippen molar-refractivity contribution in [2.24, 2.45) is 0 Å². The molecule has 0 saturated carbocycles. The van der Waals surface area contributed by atoms with E-state index in [1.54, 1.807) is 0 Å². The lowest BCUT2D eigenvalue weighted by Crippen LogP contribution is -2.06. The van der Waals surface area contributed by atoms with Gasteiger partial charge in [0.2, 0.25) is 0 Å². The van der Waals surface area contributed by atoms with Gasteiger partial charge in [-0.05, 0) is 72.8 Å². The number of nitriles is 2. The van der Waals surface area contributed by atoms with E-state index in [-0.39, 0.29) is 0 Å². The highest BCUT2D eigenvalue weighted by Crippen LogP contribution is 2.46. The van der Waals surface area contributed by atoms with Crippen LogP contribution >= 0.6 is 0 Å². The number of pyridine rings is 1. The van der Waals surface area contributed by atoms with E-state index in [4.69, 9.17) is 4.98 Å². The molecule has 0 saturated heterocycles. The molecule has 12 aromatic rings. The molecule has 0 aliphatic heterocycles. The van der Waals surface area contributed by atoms with Crippen LogP contribution in [0.25, 0.3) is 105 Å². The number of hydrogen-bond acceptors (Lipinski definition) is 3. The molecular formula is C55H32N6. The van der Waals surface area contributed by atoms with E-state index in [9.17, 15) is 10.5 Å². The van der Waals surface area contributed by atoms with Crippen LogP contribution in [0.2, 0.25) is 0 Å². The Kier molecular flexibility index (Phi) is 7.56. The molecule has 6 nitrogen and oxygen atoms in total. The van der Waals surface area contributed by atoms with Gasteiger partial charge in [0.05, 0.1) is 73.4 Å². The topological polar surface area (TPSA) is 75.3 Å². The van der Waals surface area contributed by atoms with Crippen molar-refractivity contribution in [3.8, 4) is 51.5 Å². The molecule has 6 heteroatoms. The van der Waals surface area contributed by atoms with Gasteiger partial charge in [0, 0.05) is 67.0 Å². The fourth-order valence-electron chi connectivity index (χ4n) is 9.65. The van der Waals surface area contributed by atoms with Crippen molar-refractivity contribution in [3.63, 3.8) is 0 Å². The summed E-state index contributed by atoms with van der Waals surface area (Å²) in [4.78, 5) is 5.08. The molecule has 0 aliphatic carbocycles. The van der Waals surface area contributed by atoms with Crippen molar-refractivity contribution in [1.29, 1.82) is 10.5 Å². The van der Waals surface area contributed by atoms with E-state index in [0.717, 1.165) is 105 Å². The van der Waals surface area contributed by atoms with Crippen LogP contribution in [0.3, 0.4) is 0 Å². The van der Waals surface area contributed by atoms with E-state index < -0.39 is 0 Å². The van der Waals surface area contributed by atoms with E-state index in [1.807, 2.05) is 36.7 Å². The Balaban J connectivity index is 1.26. The lowest BCUT2D eigenvalue weighted by Gasteiger charge is -2.23. The smallest absolute Gasteiger partial charge is 0.0991 e. The average molecular weight is 777 g/mol. The fourth-order valence-corrected chi connectivity index (χ4v) is 9.65. The van der Waals surface area contributed by atoms with E-state index in [0.29, 0.717) is 11.1 Å². The summed E-state index contributed by atoms with van der Waals surface area (Å²) in [5, 5.41) is 27.8. The molecule has 0 spiro atoms. The highest BCUT2D eigenvalue weighted by atomic mass is 15.0. The van der Waals surface area contributed by atoms with Crippen molar-refractivity contribution < 1.29 is 0 Å². The molecule has 4 aromatic heterocycles. The maximum atomic E-state index is 10.5. The lowest BCUT2D eigenvalue weighted by atomic mass is 9.94. The van der Waals surface area contributed by atoms with Gasteiger partial charge in [-0.2, -0.15) is 10.5 Å². The first kappa shape index (κ1) is 34.3. The van der Waals surface area contributed by atoms with Crippen LogP contribution in [-0.2, 0) is 0 Å². The second-order valence-electron chi connectivity index (χ2n) is 15.4. The second-order valence-corrected chi connectivity index (χ2v) is 15.4. The van der Waals surface area contributed by atoms with Gasteiger partial charge < -0.3 is 13.7 Å². The number of benzene rings is 8. The standard InChI is InChI=1S/C55H32N6/c56-31-35-25-27-53(59-47-19-7-1-13-37(47)38-14-2-8-20-48(38)59)43(29-35)45-33-58-34-46(55(45)61-51-23-11-5-17-41(51)42-18-6-12-24-52(42)61)44-30-36(32-57)26-28-54(44)60-49-21-9-3-15-39(49)40-16-4-10-22-50(40)60/h1-30,33-34H. The van der Waals surface area contributed by atoms with E-state index in [1.165, 1.54) is 0 Å². The minimum atomic E-state index is 0.538. The first-order valence-electron chi connectivity index (χ1n) is 20.2. The van der Waals surface area contributed by atoms with Crippen LogP contribution in [-0.4, -0.2) is 18.7 Å². The van der Waals surface area contributed by atoms with E-state index in [2.05, 4.69) is 184 Å². The summed E-state index contributed by atoms with van der Waals surface area (Å²) < 4.78 is 6.97. The average Bonchev–Trinajstić information content (AvgIpc) is 3.97. The predicted octanol–water partition coefficient (Wildman–Crippen LogP) is 13.5. The summed E-state index contributed by atoms with van der Waals surface area (Å²) in [5.74, 6) is 0. The number of fused-ring (bicyclic) bond motifs is 9. The molecule has 61 heavy (non-hydrogen) atoms. The van der Waals surface area contributed by atoms with Crippen molar-refractivity contribution in [2.75, 3.05) is 0 Å². The largest absolute Gasteiger partial charge is 0.309 e. The summed E-state index contributed by atoms with van der Waals surface area (Å²) >= 11 is 0. The van der Waals surface area contributed by atoms with Crippen LogP contribution in [0.1, 0.15) is 11.1 Å². The molecular weight excluding hydrogens is 745 g/mol. The Morgan fingerprint density at radius 1 is 0.328 bits per heavy atom. The summed E-state index contributed by atoms with van der Waals surface area (Å²) in [6.07, 6.45) is 3.87. The van der Waals surface area contributed by atoms with Crippen molar-refractivity contribution in [3.05, 3.63) is 206 Å². The quantitative estimate of drug-likeness (QED) is 0.175. The second kappa shape index (κ2) is 13.4. The summed E-state index contributed by atoms with van der Waals surface area (Å²) in [6.45, 7) is 0. The molecule has 0 unspecified atom stereocenters. The lowest BCUT2D eigenvalue weighted by molar-refractivity contribution is 1.13. The van der Waals surface area contributed by atoms with Gasteiger partial charge in [0.15, 0.2) is 0 Å². The van der Waals surface area contributed by atoms with Gasteiger partial charge >= 0.3 is 0 Å². The highest BCUT2D eigenvalue weighted by molar-refractivity contribution is 6.13. The third-order valence-electron chi connectivity index (χ3n) is 12.2. The first-order valence-corrected chi connectivity index (χ1v) is 20.2. The van der Waals surface area contributed by atoms with Gasteiger partial charge in [-0.3, -0.25) is 4.98 Å². The minimum absolute atomic E-state index is 0.538. The van der Waals surface area contributed by atoms with Crippen molar-refractivity contribution in [1.82, 2.24) is 18.7 Å². The molecule has 0 fully saturated rings. The monoisotopic (exact) mass is 776 g/mol. The first-order chi connectivity index (χ1) is 30.2. The molecule has 0 atom stereocenters. The third-order valence-corrected chi connectivity index (χ3v) is 12.2. The van der Waals surface area contributed by atoms with Crippen LogP contribution in [0, 0.1) is 22.7 Å². The number of para-hydroxylation sites is 6. The number of nitrogens with zero attached hydrogens (tertiary/aromatic N) is 6. The Morgan fingerprint density at radius 2 is 0.623 bits per heavy atom.